The van der Waals surface area contributed by atoms with E-state index in [-0.39, 0.29) is 5.75 Å². The predicted octanol–water partition coefficient (Wildman–Crippen LogP) is 4.81. The Labute approximate surface area is 211 Å². The largest absolute Gasteiger partial charge is 0.507 e. The van der Waals surface area contributed by atoms with Crippen LogP contribution in [0.2, 0.25) is 0 Å². The molecule has 0 saturated carbocycles. The van der Waals surface area contributed by atoms with Gasteiger partial charge in [-0.25, -0.2) is 9.78 Å². The van der Waals surface area contributed by atoms with Gasteiger partial charge in [-0.3, -0.25) is 4.90 Å². The van der Waals surface area contributed by atoms with E-state index in [1.165, 1.54) is 0 Å². The average Bonchev–Trinajstić information content (AvgIpc) is 3.22. The number of aromatic nitrogens is 3. The van der Waals surface area contributed by atoms with E-state index in [1.54, 1.807) is 35.0 Å². The molecule has 2 aromatic carbocycles. The number of nitrogens with one attached hydrogen (secondary N) is 1. The zero-order chi connectivity index (χ0) is 24.1. The zero-order valence-corrected chi connectivity index (χ0v) is 20.9. The number of aromatic carboxylic acids is 1. The van der Waals surface area contributed by atoms with Crippen molar-refractivity contribution < 1.29 is 15.0 Å². The number of fused-ring (bicyclic) bond motifs is 1. The van der Waals surface area contributed by atoms with Crippen LogP contribution in [-0.2, 0) is 6.54 Å². The van der Waals surface area contributed by atoms with Crippen LogP contribution in [0.5, 0.6) is 5.75 Å². The van der Waals surface area contributed by atoms with Crippen molar-refractivity contribution in [2.75, 3.05) is 23.0 Å². The molecule has 4 aromatic rings. The molecule has 0 radical (unpaired) electrons. The Bertz CT molecular complexity index is 1310. The second-order valence-corrected chi connectivity index (χ2v) is 8.70. The van der Waals surface area contributed by atoms with Crippen molar-refractivity contribution >= 4 is 40.0 Å². The third-order valence-electron chi connectivity index (χ3n) is 5.60. The van der Waals surface area contributed by atoms with Gasteiger partial charge >= 0.3 is 5.97 Å². The summed E-state index contributed by atoms with van der Waals surface area (Å²) in [6.45, 7) is 4.05. The predicted molar refractivity (Wildman–Crippen MR) is 141 cm³/mol. The number of para-hydroxylation sites is 1. The Kier molecular flexibility index (Phi) is 7.63. The van der Waals surface area contributed by atoms with Crippen LogP contribution < -0.4 is 5.32 Å². The van der Waals surface area contributed by atoms with Gasteiger partial charge in [0, 0.05) is 36.8 Å². The molecule has 0 fully saturated rings. The number of aryl methyl sites for hydroxylation is 1. The molecule has 2 heterocycles. The summed E-state index contributed by atoms with van der Waals surface area (Å²) in [5.74, 6) is 0.0811. The first kappa shape index (κ1) is 24.0. The number of carboxylic acid groups (broad SMARTS) is 1. The molecule has 0 unspecified atom stereocenters. The molecule has 8 nitrogen and oxygen atoms in total. The summed E-state index contributed by atoms with van der Waals surface area (Å²) in [7, 11) is 0. The molecule has 0 aliphatic carbocycles. The first-order valence-corrected chi connectivity index (χ1v) is 12.5. The summed E-state index contributed by atoms with van der Waals surface area (Å²) in [5, 5.41) is 27.6. The van der Waals surface area contributed by atoms with E-state index < -0.39 is 5.97 Å². The molecule has 0 aliphatic rings. The highest BCUT2D eigenvalue weighted by atomic mass is 127. The maximum Gasteiger partial charge on any atom is 0.336 e. The van der Waals surface area contributed by atoms with Gasteiger partial charge in [-0.15, -0.1) is 0 Å². The van der Waals surface area contributed by atoms with Crippen molar-refractivity contribution in [1.29, 1.82) is 0 Å². The highest BCUT2D eigenvalue weighted by Gasteiger charge is 2.14. The van der Waals surface area contributed by atoms with Gasteiger partial charge in [0.25, 0.3) is 0 Å². The van der Waals surface area contributed by atoms with E-state index in [1.807, 2.05) is 37.3 Å². The fourth-order valence-electron chi connectivity index (χ4n) is 3.83. The maximum absolute atomic E-state index is 11.5. The van der Waals surface area contributed by atoms with Crippen molar-refractivity contribution in [3.63, 3.8) is 0 Å². The molecular weight excluding hydrogens is 545 g/mol. The summed E-state index contributed by atoms with van der Waals surface area (Å²) < 4.78 is 2.57. The normalized spacial score (nSPS) is 11.3. The van der Waals surface area contributed by atoms with Crippen molar-refractivity contribution in [2.24, 2.45) is 0 Å². The maximum atomic E-state index is 11.5. The van der Waals surface area contributed by atoms with E-state index in [4.69, 9.17) is 4.98 Å². The standard InChI is InChI=1S/C25H26IN5O3/c1-17-14-28-31-23(13-21(29-24(17)31)20-9-4-5-10-22(20)32)27-11-6-12-30(16-26)15-18-7-2-3-8-19(18)25(33)34/h2-5,7-10,13-14,27,32H,6,11-12,15-16H2,1H3,(H,33,34). The summed E-state index contributed by atoms with van der Waals surface area (Å²) in [6.07, 6.45) is 2.63. The van der Waals surface area contributed by atoms with Gasteiger partial charge in [0.2, 0.25) is 0 Å². The lowest BCUT2D eigenvalue weighted by atomic mass is 10.1. The van der Waals surface area contributed by atoms with E-state index in [0.717, 1.165) is 40.1 Å². The van der Waals surface area contributed by atoms with Gasteiger partial charge in [0.15, 0.2) is 5.65 Å². The fourth-order valence-corrected chi connectivity index (χ4v) is 4.42. The number of hydrogen-bond donors (Lipinski definition) is 3. The highest BCUT2D eigenvalue weighted by molar-refractivity contribution is 14.1. The van der Waals surface area contributed by atoms with Crippen molar-refractivity contribution in [1.82, 2.24) is 19.5 Å². The summed E-state index contributed by atoms with van der Waals surface area (Å²) in [4.78, 5) is 18.4. The number of anilines is 1. The highest BCUT2D eigenvalue weighted by Crippen LogP contribution is 2.30. The molecule has 0 bridgehead atoms. The van der Waals surface area contributed by atoms with Gasteiger partial charge in [-0.1, -0.05) is 52.9 Å². The zero-order valence-electron chi connectivity index (χ0n) is 18.8. The molecule has 0 aliphatic heterocycles. The van der Waals surface area contributed by atoms with Gasteiger partial charge in [0.1, 0.15) is 11.6 Å². The number of rotatable bonds is 10. The van der Waals surface area contributed by atoms with E-state index in [2.05, 4.69) is 37.9 Å². The Morgan fingerprint density at radius 1 is 1.18 bits per heavy atom. The third kappa shape index (κ3) is 5.31. The number of phenolic OH excluding ortho intramolecular Hbond substituents is 1. The number of benzene rings is 2. The molecule has 176 valence electrons. The Balaban J connectivity index is 1.45. The first-order chi connectivity index (χ1) is 16.5. The van der Waals surface area contributed by atoms with E-state index >= 15 is 0 Å². The Hall–Kier alpha value is -3.18. The lowest BCUT2D eigenvalue weighted by Crippen LogP contribution is -2.25. The number of aromatic hydroxyl groups is 1. The molecule has 9 heteroatoms. The minimum atomic E-state index is -0.901. The number of phenols is 1. The number of halogens is 1. The van der Waals surface area contributed by atoms with Crippen molar-refractivity contribution in [2.45, 2.75) is 19.9 Å². The second kappa shape index (κ2) is 10.8. The topological polar surface area (TPSA) is 103 Å². The van der Waals surface area contributed by atoms with Crippen LogP contribution in [0.3, 0.4) is 0 Å². The number of hydrogen-bond acceptors (Lipinski definition) is 6. The first-order valence-electron chi connectivity index (χ1n) is 10.9. The molecule has 0 spiro atoms. The second-order valence-electron chi connectivity index (χ2n) is 8.02. The SMILES string of the molecule is Cc1cnn2c(NCCCN(CI)Cc3ccccc3C(=O)O)cc(-c3ccccc3O)nc12. The van der Waals surface area contributed by atoms with Crippen LogP contribution in [0.25, 0.3) is 16.9 Å². The summed E-state index contributed by atoms with van der Waals surface area (Å²) in [6, 6.07) is 16.2. The van der Waals surface area contributed by atoms with Crippen molar-refractivity contribution in [3.8, 4) is 17.0 Å². The molecule has 0 saturated heterocycles. The molecule has 4 rings (SSSR count). The number of nitrogens with zero attached hydrogens (tertiary/aromatic N) is 4. The molecule has 2 aromatic heterocycles. The molecular formula is C25H26IN5O3. The van der Waals surface area contributed by atoms with Crippen LogP contribution in [-0.4, -0.2) is 53.3 Å². The molecule has 0 amide bonds. The monoisotopic (exact) mass is 571 g/mol. The lowest BCUT2D eigenvalue weighted by Gasteiger charge is -2.21. The van der Waals surface area contributed by atoms with Gasteiger partial charge in [-0.2, -0.15) is 9.61 Å². The number of alkyl halides is 1. The van der Waals surface area contributed by atoms with Crippen molar-refractivity contribution in [3.05, 3.63) is 77.5 Å². The number of carbonyl (C=O) groups is 1. The Morgan fingerprint density at radius 3 is 2.71 bits per heavy atom. The summed E-state index contributed by atoms with van der Waals surface area (Å²) >= 11 is 2.31. The van der Waals surface area contributed by atoms with Crippen LogP contribution in [0, 0.1) is 6.92 Å². The van der Waals surface area contributed by atoms with Crippen LogP contribution in [0.1, 0.15) is 27.9 Å². The average molecular weight is 571 g/mol. The smallest absolute Gasteiger partial charge is 0.336 e. The van der Waals surface area contributed by atoms with Crippen LogP contribution in [0.4, 0.5) is 5.82 Å². The van der Waals surface area contributed by atoms with Crippen LogP contribution >= 0.6 is 22.6 Å². The van der Waals surface area contributed by atoms with Gasteiger partial charge in [-0.05, 0) is 37.1 Å². The summed E-state index contributed by atoms with van der Waals surface area (Å²) in [5.41, 5.74) is 4.20. The van der Waals surface area contributed by atoms with Gasteiger partial charge < -0.3 is 15.5 Å². The molecule has 34 heavy (non-hydrogen) atoms. The van der Waals surface area contributed by atoms with Crippen LogP contribution in [0.15, 0.2) is 60.8 Å². The minimum Gasteiger partial charge on any atom is -0.507 e. The lowest BCUT2D eigenvalue weighted by molar-refractivity contribution is 0.0694. The van der Waals surface area contributed by atoms with E-state index in [9.17, 15) is 15.0 Å². The molecule has 0 atom stereocenters. The van der Waals surface area contributed by atoms with E-state index in [0.29, 0.717) is 29.9 Å². The van der Waals surface area contributed by atoms with Gasteiger partial charge in [0.05, 0.1) is 22.0 Å². The Morgan fingerprint density at radius 2 is 1.94 bits per heavy atom. The minimum absolute atomic E-state index is 0.182. The molecule has 3 N–H and O–H groups in total. The number of carboxylic acids is 1. The quantitative estimate of drug-likeness (QED) is 0.109. The fraction of sp³-hybridized carbons (Fsp3) is 0.240. The third-order valence-corrected chi connectivity index (χ3v) is 6.56.